The average molecular weight is 170 g/mol. The van der Waals surface area contributed by atoms with Gasteiger partial charge in [-0.05, 0) is 18.1 Å². The minimum Gasteiger partial charge on any atom is -0.305 e. The molecule has 0 spiro atoms. The second kappa shape index (κ2) is 3.22. The lowest BCUT2D eigenvalue weighted by molar-refractivity contribution is 0.591. The topological polar surface area (TPSA) is 23.9 Å². The number of rotatable bonds is 0. The molecule has 0 aromatic rings. The molecule has 2 heteroatoms. The standard InChI is InChI=1S/C9H12ClN/c1-6-5-8(10)3-4-9(11)7(6)2/h3-7,11H,1-2H3. The first-order valence-corrected chi connectivity index (χ1v) is 4.13. The number of halogens is 1. The van der Waals surface area contributed by atoms with Crippen LogP contribution >= 0.6 is 11.6 Å². The molecule has 1 aliphatic rings. The van der Waals surface area contributed by atoms with E-state index in [9.17, 15) is 0 Å². The first-order valence-electron chi connectivity index (χ1n) is 3.75. The van der Waals surface area contributed by atoms with E-state index >= 15 is 0 Å². The van der Waals surface area contributed by atoms with E-state index < -0.39 is 0 Å². The second-order valence-electron chi connectivity index (χ2n) is 2.99. The highest BCUT2D eigenvalue weighted by atomic mass is 35.5. The molecule has 1 rings (SSSR count). The van der Waals surface area contributed by atoms with Crippen molar-refractivity contribution in [1.29, 1.82) is 5.41 Å². The van der Waals surface area contributed by atoms with E-state index in [1.54, 1.807) is 12.2 Å². The Morgan fingerprint density at radius 1 is 1.36 bits per heavy atom. The van der Waals surface area contributed by atoms with Crippen LogP contribution in [0.3, 0.4) is 0 Å². The van der Waals surface area contributed by atoms with Crippen molar-refractivity contribution >= 4 is 17.3 Å². The summed E-state index contributed by atoms with van der Waals surface area (Å²) >= 11 is 5.82. The molecular formula is C9H12ClN. The van der Waals surface area contributed by atoms with Crippen LogP contribution in [0.25, 0.3) is 0 Å². The van der Waals surface area contributed by atoms with Crippen LogP contribution in [0.5, 0.6) is 0 Å². The minimum absolute atomic E-state index is 0.280. The van der Waals surface area contributed by atoms with Crippen molar-refractivity contribution in [3.63, 3.8) is 0 Å². The zero-order chi connectivity index (χ0) is 8.43. The molecule has 0 aliphatic heterocycles. The maximum atomic E-state index is 7.58. The first kappa shape index (κ1) is 8.54. The van der Waals surface area contributed by atoms with Crippen LogP contribution < -0.4 is 0 Å². The summed E-state index contributed by atoms with van der Waals surface area (Å²) in [7, 11) is 0. The Hall–Kier alpha value is -0.560. The first-order chi connectivity index (χ1) is 5.11. The lowest BCUT2D eigenvalue weighted by Crippen LogP contribution is -2.13. The quantitative estimate of drug-likeness (QED) is 0.577. The van der Waals surface area contributed by atoms with Gasteiger partial charge in [-0.3, -0.25) is 0 Å². The van der Waals surface area contributed by atoms with Crippen molar-refractivity contribution in [3.8, 4) is 0 Å². The maximum absolute atomic E-state index is 7.58. The number of hydrogen-bond donors (Lipinski definition) is 1. The van der Waals surface area contributed by atoms with Crippen molar-refractivity contribution in [2.45, 2.75) is 13.8 Å². The van der Waals surface area contributed by atoms with Gasteiger partial charge in [-0.15, -0.1) is 0 Å². The largest absolute Gasteiger partial charge is 0.305 e. The Morgan fingerprint density at radius 3 is 2.64 bits per heavy atom. The maximum Gasteiger partial charge on any atom is 0.0369 e. The summed E-state index contributed by atoms with van der Waals surface area (Å²) in [6.07, 6.45) is 5.54. The Bertz CT molecular complexity index is 228. The van der Waals surface area contributed by atoms with Crippen molar-refractivity contribution in [2.75, 3.05) is 0 Å². The van der Waals surface area contributed by atoms with Gasteiger partial charge in [0.2, 0.25) is 0 Å². The summed E-state index contributed by atoms with van der Waals surface area (Å²) in [4.78, 5) is 0. The van der Waals surface area contributed by atoms with E-state index in [0.717, 1.165) is 5.03 Å². The van der Waals surface area contributed by atoms with Crippen LogP contribution in [-0.2, 0) is 0 Å². The smallest absolute Gasteiger partial charge is 0.0369 e. The van der Waals surface area contributed by atoms with Gasteiger partial charge in [0.15, 0.2) is 0 Å². The molecule has 0 radical (unpaired) electrons. The van der Waals surface area contributed by atoms with Crippen LogP contribution in [0, 0.1) is 17.2 Å². The molecular weight excluding hydrogens is 158 g/mol. The number of nitrogens with one attached hydrogen (secondary N) is 1. The molecule has 1 aliphatic carbocycles. The Morgan fingerprint density at radius 2 is 2.00 bits per heavy atom. The monoisotopic (exact) mass is 169 g/mol. The highest BCUT2D eigenvalue weighted by molar-refractivity contribution is 6.31. The molecule has 2 atom stereocenters. The van der Waals surface area contributed by atoms with Crippen molar-refractivity contribution in [3.05, 3.63) is 23.3 Å². The Labute approximate surface area is 72.3 Å². The van der Waals surface area contributed by atoms with E-state index in [1.807, 2.05) is 13.0 Å². The van der Waals surface area contributed by atoms with Gasteiger partial charge in [0.25, 0.3) is 0 Å². The summed E-state index contributed by atoms with van der Waals surface area (Å²) in [5, 5.41) is 8.32. The molecule has 0 amide bonds. The second-order valence-corrected chi connectivity index (χ2v) is 3.42. The molecule has 0 saturated carbocycles. The van der Waals surface area contributed by atoms with E-state index in [4.69, 9.17) is 17.0 Å². The fourth-order valence-corrected chi connectivity index (χ4v) is 1.32. The third kappa shape index (κ3) is 1.93. The summed E-state index contributed by atoms with van der Waals surface area (Å²) in [5.41, 5.74) is 0.657. The molecule has 1 N–H and O–H groups in total. The van der Waals surface area contributed by atoms with E-state index in [-0.39, 0.29) is 5.92 Å². The normalized spacial score (nSPS) is 31.5. The van der Waals surface area contributed by atoms with Gasteiger partial charge in [-0.1, -0.05) is 31.5 Å². The molecule has 1 nitrogen and oxygen atoms in total. The third-order valence-corrected chi connectivity index (χ3v) is 2.38. The molecule has 0 aromatic heterocycles. The predicted octanol–water partition coefficient (Wildman–Crippen LogP) is 2.97. The number of allylic oxidation sites excluding steroid dienone is 4. The Kier molecular flexibility index (Phi) is 2.50. The lowest BCUT2D eigenvalue weighted by atomic mass is 9.92. The Balaban J connectivity index is 2.90. The van der Waals surface area contributed by atoms with Crippen LogP contribution in [-0.4, -0.2) is 5.71 Å². The van der Waals surface area contributed by atoms with E-state index in [1.165, 1.54) is 0 Å². The SMILES string of the molecule is CC1C=C(Cl)C=CC(=N)C1C. The fourth-order valence-electron chi connectivity index (χ4n) is 1.06. The highest BCUT2D eigenvalue weighted by Crippen LogP contribution is 2.21. The molecule has 0 bridgehead atoms. The lowest BCUT2D eigenvalue weighted by Gasteiger charge is -2.13. The molecule has 0 fully saturated rings. The van der Waals surface area contributed by atoms with Crippen molar-refractivity contribution in [1.82, 2.24) is 0 Å². The molecule has 11 heavy (non-hydrogen) atoms. The van der Waals surface area contributed by atoms with Gasteiger partial charge in [0.1, 0.15) is 0 Å². The molecule has 0 saturated heterocycles. The third-order valence-electron chi connectivity index (χ3n) is 2.12. The van der Waals surface area contributed by atoms with Gasteiger partial charge in [-0.2, -0.15) is 0 Å². The van der Waals surface area contributed by atoms with Crippen molar-refractivity contribution < 1.29 is 0 Å². The van der Waals surface area contributed by atoms with E-state index in [0.29, 0.717) is 11.6 Å². The van der Waals surface area contributed by atoms with Gasteiger partial charge in [0, 0.05) is 16.7 Å². The van der Waals surface area contributed by atoms with Crippen LogP contribution in [0.2, 0.25) is 0 Å². The van der Waals surface area contributed by atoms with Gasteiger partial charge < -0.3 is 5.41 Å². The van der Waals surface area contributed by atoms with Crippen LogP contribution in [0.15, 0.2) is 23.3 Å². The molecule has 2 unspecified atom stereocenters. The summed E-state index contributed by atoms with van der Waals surface area (Å²) < 4.78 is 0. The molecule has 60 valence electrons. The molecule has 0 heterocycles. The molecule has 0 aromatic carbocycles. The van der Waals surface area contributed by atoms with Gasteiger partial charge >= 0.3 is 0 Å². The van der Waals surface area contributed by atoms with E-state index in [2.05, 4.69) is 6.92 Å². The van der Waals surface area contributed by atoms with Gasteiger partial charge in [0.05, 0.1) is 0 Å². The van der Waals surface area contributed by atoms with Crippen LogP contribution in [0.4, 0.5) is 0 Å². The van der Waals surface area contributed by atoms with Crippen molar-refractivity contribution in [2.24, 2.45) is 11.8 Å². The predicted molar refractivity (Wildman–Crippen MR) is 49.1 cm³/mol. The van der Waals surface area contributed by atoms with Crippen LogP contribution in [0.1, 0.15) is 13.8 Å². The highest BCUT2D eigenvalue weighted by Gasteiger charge is 2.15. The summed E-state index contributed by atoms with van der Waals surface area (Å²) in [6, 6.07) is 0. The fraction of sp³-hybridized carbons (Fsp3) is 0.444. The van der Waals surface area contributed by atoms with Gasteiger partial charge in [-0.25, -0.2) is 0 Å². The minimum atomic E-state index is 0.280. The number of hydrogen-bond acceptors (Lipinski definition) is 1. The zero-order valence-corrected chi connectivity index (χ0v) is 7.52. The zero-order valence-electron chi connectivity index (χ0n) is 6.76. The summed E-state index contributed by atoms with van der Waals surface area (Å²) in [6.45, 7) is 4.12. The summed E-state index contributed by atoms with van der Waals surface area (Å²) in [5.74, 6) is 0.646. The average Bonchev–Trinajstić information content (AvgIpc) is 2.05.